The molecule has 3 unspecified atom stereocenters. The first kappa shape index (κ1) is 13.8. The second-order valence-corrected chi connectivity index (χ2v) is 7.82. The fourth-order valence-corrected chi connectivity index (χ4v) is 3.76. The van der Waals surface area contributed by atoms with Gasteiger partial charge in [0.2, 0.25) is 0 Å². The first-order chi connectivity index (χ1) is 9.04. The predicted octanol–water partition coefficient (Wildman–Crippen LogP) is 2.26. The molecular weight excluding hydrogens is 236 g/mol. The Kier molecular flexibility index (Phi) is 3.89. The molecule has 3 heteroatoms. The van der Waals surface area contributed by atoms with Gasteiger partial charge >= 0.3 is 0 Å². The fraction of sp³-hybridized carbons (Fsp3) is 1.00. The Morgan fingerprint density at radius 3 is 2.58 bits per heavy atom. The van der Waals surface area contributed by atoms with Crippen LogP contribution in [0.2, 0.25) is 0 Å². The van der Waals surface area contributed by atoms with Gasteiger partial charge in [-0.1, -0.05) is 20.8 Å². The molecule has 3 rings (SSSR count). The number of ether oxygens (including phenoxy) is 1. The maximum atomic E-state index is 5.87. The zero-order valence-corrected chi connectivity index (χ0v) is 12.8. The maximum absolute atomic E-state index is 5.87. The Hall–Kier alpha value is -0.120. The number of piperazine rings is 1. The highest BCUT2D eigenvalue weighted by molar-refractivity contribution is 4.98. The predicted molar refractivity (Wildman–Crippen MR) is 78.3 cm³/mol. The van der Waals surface area contributed by atoms with Gasteiger partial charge in [0.05, 0.1) is 6.10 Å². The Balaban J connectivity index is 1.64. The van der Waals surface area contributed by atoms with E-state index in [1.54, 1.807) is 0 Å². The zero-order chi connectivity index (χ0) is 13.5. The average Bonchev–Trinajstić information content (AvgIpc) is 3.07. The van der Waals surface area contributed by atoms with E-state index < -0.39 is 0 Å². The highest BCUT2D eigenvalue weighted by Gasteiger charge is 2.41. The number of rotatable bonds is 3. The topological polar surface area (TPSA) is 24.5 Å². The van der Waals surface area contributed by atoms with Gasteiger partial charge in [0.1, 0.15) is 0 Å². The summed E-state index contributed by atoms with van der Waals surface area (Å²) in [4.78, 5) is 2.73. The van der Waals surface area contributed by atoms with E-state index >= 15 is 0 Å². The number of hydrogen-bond acceptors (Lipinski definition) is 3. The van der Waals surface area contributed by atoms with Crippen LogP contribution in [0.5, 0.6) is 0 Å². The quantitative estimate of drug-likeness (QED) is 0.848. The summed E-state index contributed by atoms with van der Waals surface area (Å²) in [5.74, 6) is 0.952. The van der Waals surface area contributed by atoms with Crippen molar-refractivity contribution in [2.24, 2.45) is 11.3 Å². The third-order valence-corrected chi connectivity index (χ3v) is 5.10. The van der Waals surface area contributed by atoms with Gasteiger partial charge in [-0.25, -0.2) is 0 Å². The highest BCUT2D eigenvalue weighted by Crippen LogP contribution is 2.36. The second kappa shape index (κ2) is 5.34. The van der Waals surface area contributed by atoms with Crippen molar-refractivity contribution in [2.75, 3.05) is 26.2 Å². The molecule has 1 N–H and O–H groups in total. The molecule has 1 aliphatic carbocycles. The molecule has 0 bridgehead atoms. The van der Waals surface area contributed by atoms with Crippen molar-refractivity contribution in [1.29, 1.82) is 0 Å². The monoisotopic (exact) mass is 266 g/mol. The smallest absolute Gasteiger partial charge is 0.0702 e. The average molecular weight is 266 g/mol. The van der Waals surface area contributed by atoms with Crippen LogP contribution in [0.4, 0.5) is 0 Å². The molecule has 2 heterocycles. The molecule has 2 aliphatic heterocycles. The fourth-order valence-electron chi connectivity index (χ4n) is 3.76. The number of nitrogens with zero attached hydrogens (tertiary/aromatic N) is 1. The molecule has 3 atom stereocenters. The van der Waals surface area contributed by atoms with E-state index in [9.17, 15) is 0 Å². The summed E-state index contributed by atoms with van der Waals surface area (Å²) in [6, 6.07) is 1.38. The SMILES string of the molecule is CC(C)(C)C1CNC(C2CC2)CN1CC1CCCO1. The molecule has 3 aliphatic rings. The summed E-state index contributed by atoms with van der Waals surface area (Å²) in [6.45, 7) is 11.6. The molecule has 0 spiro atoms. The molecule has 110 valence electrons. The largest absolute Gasteiger partial charge is 0.377 e. The normalized spacial score (nSPS) is 37.7. The van der Waals surface area contributed by atoms with Crippen molar-refractivity contribution >= 4 is 0 Å². The molecule has 2 saturated heterocycles. The third-order valence-electron chi connectivity index (χ3n) is 5.10. The maximum Gasteiger partial charge on any atom is 0.0702 e. The van der Waals surface area contributed by atoms with Gasteiger partial charge < -0.3 is 10.1 Å². The van der Waals surface area contributed by atoms with Gasteiger partial charge in [0, 0.05) is 38.3 Å². The van der Waals surface area contributed by atoms with E-state index in [-0.39, 0.29) is 0 Å². The zero-order valence-electron chi connectivity index (χ0n) is 12.8. The standard InChI is InChI=1S/C16H30N2O/c1-16(2,3)15-9-17-14(12-6-7-12)11-18(15)10-13-5-4-8-19-13/h12-15,17H,4-11H2,1-3H3. The molecule has 0 amide bonds. The van der Waals surface area contributed by atoms with Crippen molar-refractivity contribution < 1.29 is 4.74 Å². The van der Waals surface area contributed by atoms with Gasteiger partial charge in [-0.2, -0.15) is 0 Å². The van der Waals surface area contributed by atoms with Crippen LogP contribution in [0.1, 0.15) is 46.5 Å². The van der Waals surface area contributed by atoms with Crippen molar-refractivity contribution in [2.45, 2.75) is 64.6 Å². The summed E-state index contributed by atoms with van der Waals surface area (Å²) in [7, 11) is 0. The van der Waals surface area contributed by atoms with Crippen LogP contribution in [0.3, 0.4) is 0 Å². The van der Waals surface area contributed by atoms with Gasteiger partial charge in [0.25, 0.3) is 0 Å². The van der Waals surface area contributed by atoms with Gasteiger partial charge in [-0.05, 0) is 37.0 Å². The molecule has 0 aromatic heterocycles. The lowest BCUT2D eigenvalue weighted by Gasteiger charge is -2.47. The molecule has 0 radical (unpaired) electrons. The van der Waals surface area contributed by atoms with E-state index in [1.165, 1.54) is 32.2 Å². The number of nitrogens with one attached hydrogen (secondary N) is 1. The van der Waals surface area contributed by atoms with Crippen LogP contribution >= 0.6 is 0 Å². The minimum absolute atomic E-state index is 0.347. The summed E-state index contributed by atoms with van der Waals surface area (Å²) in [5, 5.41) is 3.81. The van der Waals surface area contributed by atoms with Gasteiger partial charge in [-0.15, -0.1) is 0 Å². The molecule has 3 nitrogen and oxygen atoms in total. The van der Waals surface area contributed by atoms with Crippen molar-refractivity contribution in [3.63, 3.8) is 0 Å². The molecular formula is C16H30N2O. The summed E-state index contributed by atoms with van der Waals surface area (Å²) in [5.41, 5.74) is 0.347. The van der Waals surface area contributed by atoms with E-state index in [2.05, 4.69) is 31.0 Å². The highest BCUT2D eigenvalue weighted by atomic mass is 16.5. The molecule has 1 saturated carbocycles. The Labute approximate surface area is 118 Å². The van der Waals surface area contributed by atoms with Gasteiger partial charge in [-0.3, -0.25) is 4.90 Å². The van der Waals surface area contributed by atoms with E-state index in [0.29, 0.717) is 17.6 Å². The first-order valence-corrected chi connectivity index (χ1v) is 8.13. The molecule has 3 fully saturated rings. The van der Waals surface area contributed by atoms with Crippen LogP contribution in [0.25, 0.3) is 0 Å². The summed E-state index contributed by atoms with van der Waals surface area (Å²) >= 11 is 0. The van der Waals surface area contributed by atoms with Crippen molar-refractivity contribution in [3.05, 3.63) is 0 Å². The Bertz CT molecular complexity index is 300. The van der Waals surface area contributed by atoms with Crippen LogP contribution < -0.4 is 5.32 Å². The molecule has 0 aromatic rings. The molecule has 19 heavy (non-hydrogen) atoms. The van der Waals surface area contributed by atoms with Crippen LogP contribution in [0.15, 0.2) is 0 Å². The van der Waals surface area contributed by atoms with Crippen LogP contribution in [-0.2, 0) is 4.74 Å². The first-order valence-electron chi connectivity index (χ1n) is 8.13. The van der Waals surface area contributed by atoms with Crippen molar-refractivity contribution in [3.8, 4) is 0 Å². The summed E-state index contributed by atoms with van der Waals surface area (Å²) in [6.07, 6.45) is 5.87. The third kappa shape index (κ3) is 3.32. The number of hydrogen-bond donors (Lipinski definition) is 1. The second-order valence-electron chi connectivity index (χ2n) is 7.82. The minimum atomic E-state index is 0.347. The van der Waals surface area contributed by atoms with Crippen molar-refractivity contribution in [1.82, 2.24) is 10.2 Å². The molecule has 0 aromatic carbocycles. The van der Waals surface area contributed by atoms with Crippen LogP contribution in [0, 0.1) is 11.3 Å². The lowest BCUT2D eigenvalue weighted by Crippen LogP contribution is -2.62. The van der Waals surface area contributed by atoms with Gasteiger partial charge in [0.15, 0.2) is 0 Å². The lowest BCUT2D eigenvalue weighted by atomic mass is 9.83. The minimum Gasteiger partial charge on any atom is -0.377 e. The lowest BCUT2D eigenvalue weighted by molar-refractivity contribution is 0.00381. The van der Waals surface area contributed by atoms with E-state index in [4.69, 9.17) is 4.74 Å². The van der Waals surface area contributed by atoms with Crippen LogP contribution in [-0.4, -0.2) is 49.3 Å². The van der Waals surface area contributed by atoms with E-state index in [0.717, 1.165) is 31.7 Å². The Morgan fingerprint density at radius 1 is 1.21 bits per heavy atom. The van der Waals surface area contributed by atoms with E-state index in [1.807, 2.05) is 0 Å². The summed E-state index contributed by atoms with van der Waals surface area (Å²) < 4.78 is 5.87. The Morgan fingerprint density at radius 2 is 2.00 bits per heavy atom.